The highest BCUT2D eigenvalue weighted by Gasteiger charge is 2.31. The fraction of sp³-hybridized carbons (Fsp3) is 0.500. The van der Waals surface area contributed by atoms with E-state index < -0.39 is 0 Å². The Hall–Kier alpha value is -2.34. The van der Waals surface area contributed by atoms with Gasteiger partial charge in [0, 0.05) is 43.9 Å². The molecule has 26 heavy (non-hydrogen) atoms. The molecule has 0 radical (unpaired) electrons. The average molecular weight is 356 g/mol. The molecule has 1 aromatic carbocycles. The summed E-state index contributed by atoms with van der Waals surface area (Å²) in [7, 11) is 1.66. The summed E-state index contributed by atoms with van der Waals surface area (Å²) in [4.78, 5) is 14.2. The number of hydrogen-bond acceptors (Lipinski definition) is 4. The first kappa shape index (κ1) is 18.5. The minimum Gasteiger partial charge on any atom is -0.494 e. The number of rotatable bonds is 6. The Bertz CT molecular complexity index is 763. The summed E-state index contributed by atoms with van der Waals surface area (Å²) in [5.41, 5.74) is 2.12. The molecule has 2 aromatic rings. The normalized spacial score (nSPS) is 17.8. The molecule has 1 aliphatic heterocycles. The predicted octanol–water partition coefficient (Wildman–Crippen LogP) is 2.62. The number of likely N-dealkylation sites (tertiary alicyclic amines) is 1. The summed E-state index contributed by atoms with van der Waals surface area (Å²) in [6.07, 6.45) is 4.41. The third-order valence-corrected chi connectivity index (χ3v) is 4.44. The van der Waals surface area contributed by atoms with Crippen LogP contribution in [0.2, 0.25) is 0 Å². The summed E-state index contributed by atoms with van der Waals surface area (Å²) >= 11 is 0. The third kappa shape index (κ3) is 4.43. The molecule has 1 saturated heterocycles. The van der Waals surface area contributed by atoms with Gasteiger partial charge in [-0.3, -0.25) is 4.79 Å². The first-order valence-electron chi connectivity index (χ1n) is 9.04. The summed E-state index contributed by atoms with van der Waals surface area (Å²) in [5, 5.41) is 7.93. The van der Waals surface area contributed by atoms with Crippen LogP contribution in [0.25, 0.3) is 5.69 Å². The molecule has 0 aliphatic carbocycles. The molecule has 140 valence electrons. The minimum atomic E-state index is 0.125. The molecule has 0 bridgehead atoms. The van der Waals surface area contributed by atoms with Gasteiger partial charge >= 0.3 is 0 Å². The summed E-state index contributed by atoms with van der Waals surface area (Å²) < 4.78 is 7.22. The fourth-order valence-corrected chi connectivity index (χ4v) is 3.30. The zero-order chi connectivity index (χ0) is 18.7. The lowest BCUT2D eigenvalue weighted by Gasteiger charge is -2.26. The summed E-state index contributed by atoms with van der Waals surface area (Å²) in [5.74, 6) is 1.02. The van der Waals surface area contributed by atoms with E-state index in [1.54, 1.807) is 7.11 Å². The van der Waals surface area contributed by atoms with Gasteiger partial charge in [0.15, 0.2) is 0 Å². The van der Waals surface area contributed by atoms with Gasteiger partial charge in [0.05, 0.1) is 13.3 Å². The van der Waals surface area contributed by atoms with E-state index in [4.69, 9.17) is 4.74 Å². The van der Waals surface area contributed by atoms with Crippen molar-refractivity contribution < 1.29 is 9.53 Å². The maximum absolute atomic E-state index is 12.2. The molecule has 6 heteroatoms. The van der Waals surface area contributed by atoms with Gasteiger partial charge in [-0.2, -0.15) is 5.10 Å². The van der Waals surface area contributed by atoms with Crippen LogP contribution in [-0.2, 0) is 11.3 Å². The number of carbonyl (C=O) groups is 1. The zero-order valence-electron chi connectivity index (χ0n) is 16.0. The largest absolute Gasteiger partial charge is 0.494 e. The van der Waals surface area contributed by atoms with Crippen molar-refractivity contribution in [3.8, 4) is 11.4 Å². The average Bonchev–Trinajstić information content (AvgIpc) is 3.19. The number of aromatic nitrogens is 2. The topological polar surface area (TPSA) is 59.4 Å². The monoisotopic (exact) mass is 356 g/mol. The van der Waals surface area contributed by atoms with Crippen molar-refractivity contribution in [2.45, 2.75) is 39.8 Å². The van der Waals surface area contributed by atoms with Gasteiger partial charge in [-0.05, 0) is 17.5 Å². The van der Waals surface area contributed by atoms with Gasteiger partial charge in [0.2, 0.25) is 5.91 Å². The van der Waals surface area contributed by atoms with Gasteiger partial charge in [-0.1, -0.05) is 32.9 Å². The molecule has 1 aliphatic rings. The van der Waals surface area contributed by atoms with Crippen molar-refractivity contribution in [2.75, 3.05) is 20.2 Å². The summed E-state index contributed by atoms with van der Waals surface area (Å²) in [6.45, 7) is 8.75. The number of nitrogens with zero attached hydrogens (tertiary/aromatic N) is 3. The Morgan fingerprint density at radius 3 is 2.81 bits per heavy atom. The lowest BCUT2D eigenvalue weighted by atomic mass is 9.96. The van der Waals surface area contributed by atoms with E-state index in [0.29, 0.717) is 13.0 Å². The molecule has 1 aromatic heterocycles. The number of ether oxygens (including phenoxy) is 1. The van der Waals surface area contributed by atoms with Crippen LogP contribution in [0.3, 0.4) is 0 Å². The maximum atomic E-state index is 12.2. The molecule has 0 saturated carbocycles. The number of amides is 1. The van der Waals surface area contributed by atoms with Crippen molar-refractivity contribution >= 4 is 5.91 Å². The van der Waals surface area contributed by atoms with Gasteiger partial charge in [0.25, 0.3) is 0 Å². The molecule has 0 spiro atoms. The highest BCUT2D eigenvalue weighted by atomic mass is 16.5. The van der Waals surface area contributed by atoms with Crippen LogP contribution in [0, 0.1) is 5.41 Å². The zero-order valence-corrected chi connectivity index (χ0v) is 16.0. The van der Waals surface area contributed by atoms with E-state index in [2.05, 4.69) is 31.2 Å². The van der Waals surface area contributed by atoms with Crippen molar-refractivity contribution in [3.63, 3.8) is 0 Å². The highest BCUT2D eigenvalue weighted by Crippen LogP contribution is 2.22. The van der Waals surface area contributed by atoms with E-state index >= 15 is 0 Å². The second-order valence-electron chi connectivity index (χ2n) is 8.08. The Kier molecular flexibility index (Phi) is 5.32. The van der Waals surface area contributed by atoms with Gasteiger partial charge in [0.1, 0.15) is 11.4 Å². The molecular weight excluding hydrogens is 328 g/mol. The Labute approximate surface area is 155 Å². The molecule has 0 unspecified atom stereocenters. The van der Waals surface area contributed by atoms with Crippen LogP contribution < -0.4 is 10.1 Å². The standard InChI is InChI=1S/C20H28N4O2/c1-20(2,3)14-23-13-16(9-19(23)25)21-10-15-11-22-24(12-15)17-7-5-6-8-18(17)26-4/h5-8,11-12,16,21H,9-10,13-14H2,1-4H3/t16-/m0/s1. The number of carbonyl (C=O) groups excluding carboxylic acids is 1. The van der Waals surface area contributed by atoms with Gasteiger partial charge < -0.3 is 15.0 Å². The molecule has 6 nitrogen and oxygen atoms in total. The Morgan fingerprint density at radius 2 is 2.08 bits per heavy atom. The van der Waals surface area contributed by atoms with E-state index in [1.165, 1.54) is 0 Å². The fourth-order valence-electron chi connectivity index (χ4n) is 3.30. The van der Waals surface area contributed by atoms with Gasteiger partial charge in [-0.15, -0.1) is 0 Å². The van der Waals surface area contributed by atoms with E-state index in [0.717, 1.165) is 30.1 Å². The predicted molar refractivity (Wildman–Crippen MR) is 101 cm³/mol. The van der Waals surface area contributed by atoms with Crippen molar-refractivity contribution in [1.29, 1.82) is 0 Å². The molecule has 1 amide bonds. The lowest BCUT2D eigenvalue weighted by Crippen LogP contribution is -2.36. The van der Waals surface area contributed by atoms with Crippen LogP contribution in [0.1, 0.15) is 32.8 Å². The molecule has 1 atom stereocenters. The first-order valence-corrected chi connectivity index (χ1v) is 9.04. The van der Waals surface area contributed by atoms with Crippen molar-refractivity contribution in [2.24, 2.45) is 5.41 Å². The number of para-hydroxylation sites is 2. The lowest BCUT2D eigenvalue weighted by molar-refractivity contribution is -0.128. The number of nitrogens with one attached hydrogen (secondary N) is 1. The van der Waals surface area contributed by atoms with Crippen molar-refractivity contribution in [3.05, 3.63) is 42.2 Å². The van der Waals surface area contributed by atoms with Crippen LogP contribution >= 0.6 is 0 Å². The number of methoxy groups -OCH3 is 1. The maximum Gasteiger partial charge on any atom is 0.224 e. The molecule has 1 fully saturated rings. The minimum absolute atomic E-state index is 0.125. The van der Waals surface area contributed by atoms with Crippen LogP contribution in [0.5, 0.6) is 5.75 Å². The Balaban J connectivity index is 1.58. The Morgan fingerprint density at radius 1 is 1.31 bits per heavy atom. The van der Waals surface area contributed by atoms with Crippen LogP contribution in [-0.4, -0.2) is 46.8 Å². The van der Waals surface area contributed by atoms with E-state index in [-0.39, 0.29) is 17.4 Å². The summed E-state index contributed by atoms with van der Waals surface area (Å²) in [6, 6.07) is 7.99. The highest BCUT2D eigenvalue weighted by molar-refractivity contribution is 5.79. The molecule has 2 heterocycles. The molecular formula is C20H28N4O2. The number of benzene rings is 1. The second-order valence-corrected chi connectivity index (χ2v) is 8.08. The number of hydrogen-bond donors (Lipinski definition) is 1. The van der Waals surface area contributed by atoms with E-state index in [1.807, 2.05) is 46.2 Å². The SMILES string of the molecule is COc1ccccc1-n1cc(CN[C@H]2CC(=O)N(CC(C)(C)C)C2)cn1. The first-order chi connectivity index (χ1) is 12.4. The van der Waals surface area contributed by atoms with Gasteiger partial charge in [-0.25, -0.2) is 4.68 Å². The van der Waals surface area contributed by atoms with Crippen LogP contribution in [0.15, 0.2) is 36.7 Å². The molecule has 1 N–H and O–H groups in total. The van der Waals surface area contributed by atoms with Crippen LogP contribution in [0.4, 0.5) is 0 Å². The third-order valence-electron chi connectivity index (χ3n) is 4.44. The second kappa shape index (κ2) is 7.50. The smallest absolute Gasteiger partial charge is 0.224 e. The van der Waals surface area contributed by atoms with E-state index in [9.17, 15) is 4.79 Å². The molecule has 3 rings (SSSR count). The quantitative estimate of drug-likeness (QED) is 0.864. The van der Waals surface area contributed by atoms with Crippen molar-refractivity contribution in [1.82, 2.24) is 20.0 Å².